The summed E-state index contributed by atoms with van der Waals surface area (Å²) in [6.45, 7) is 5.85. The smallest absolute Gasteiger partial charge is 0.236 e. The summed E-state index contributed by atoms with van der Waals surface area (Å²) >= 11 is 0. The third-order valence-electron chi connectivity index (χ3n) is 2.97. The Hall–Kier alpha value is -1.05. The molecule has 1 fully saturated rings. The minimum absolute atomic E-state index is 0.0619. The van der Waals surface area contributed by atoms with E-state index in [1.165, 1.54) is 0 Å². The number of hydrogen-bond donors (Lipinski definition) is 1. The Bertz CT molecular complexity index is 266. The molecular weight excluding hydrogens is 202 g/mol. The van der Waals surface area contributed by atoms with Gasteiger partial charge in [-0.1, -0.05) is 12.8 Å². The lowest BCUT2D eigenvalue weighted by molar-refractivity contribution is -0.132. The number of carbonyl (C=O) groups is 1. The van der Waals surface area contributed by atoms with Crippen LogP contribution in [-0.2, 0) is 4.79 Å². The van der Waals surface area contributed by atoms with Crippen molar-refractivity contribution >= 4 is 5.91 Å². The normalized spacial score (nSPS) is 18.2. The number of amides is 1. The molecule has 1 N–H and O–H groups in total. The Morgan fingerprint density at radius 3 is 2.69 bits per heavy atom. The third kappa shape index (κ3) is 3.51. The quantitative estimate of drug-likeness (QED) is 0.668. The largest absolute Gasteiger partial charge is 0.339 e. The number of nitrogens with zero attached hydrogens (tertiary/aromatic N) is 2. The standard InChI is InChI=1S/C12H21N3O/c1-4-11(5-2)14(3)10-12(16)15-8-6-13-7-9-15/h1,11,13H,5-10H2,2-3H3. The zero-order valence-electron chi connectivity index (χ0n) is 10.2. The summed E-state index contributed by atoms with van der Waals surface area (Å²) in [6.07, 6.45) is 6.29. The van der Waals surface area contributed by atoms with Gasteiger partial charge in [0, 0.05) is 26.2 Å². The number of terminal acetylenes is 1. The van der Waals surface area contributed by atoms with Crippen LogP contribution in [0.1, 0.15) is 13.3 Å². The fourth-order valence-corrected chi connectivity index (χ4v) is 1.89. The zero-order valence-corrected chi connectivity index (χ0v) is 10.2. The first-order chi connectivity index (χ1) is 7.69. The van der Waals surface area contributed by atoms with Crippen LogP contribution >= 0.6 is 0 Å². The first-order valence-electron chi connectivity index (χ1n) is 5.84. The van der Waals surface area contributed by atoms with Crippen molar-refractivity contribution in [3.05, 3.63) is 0 Å². The Kier molecular flexibility index (Phi) is 5.30. The molecule has 0 bridgehead atoms. The van der Waals surface area contributed by atoms with Gasteiger partial charge in [0.25, 0.3) is 0 Å². The highest BCUT2D eigenvalue weighted by Gasteiger charge is 2.19. The van der Waals surface area contributed by atoms with Crippen molar-refractivity contribution in [2.75, 3.05) is 39.8 Å². The van der Waals surface area contributed by atoms with Gasteiger partial charge in [-0.2, -0.15) is 0 Å². The van der Waals surface area contributed by atoms with E-state index >= 15 is 0 Å². The molecule has 1 heterocycles. The fourth-order valence-electron chi connectivity index (χ4n) is 1.89. The highest BCUT2D eigenvalue weighted by atomic mass is 16.2. The highest BCUT2D eigenvalue weighted by Crippen LogP contribution is 2.02. The molecule has 4 heteroatoms. The van der Waals surface area contributed by atoms with E-state index in [1.54, 1.807) is 0 Å². The molecule has 0 spiro atoms. The Labute approximate surface area is 98.0 Å². The van der Waals surface area contributed by atoms with Crippen molar-refractivity contribution in [2.45, 2.75) is 19.4 Å². The first kappa shape index (κ1) is 13.0. The molecule has 0 saturated carbocycles. The topological polar surface area (TPSA) is 35.6 Å². The molecule has 90 valence electrons. The van der Waals surface area contributed by atoms with E-state index in [2.05, 4.69) is 11.2 Å². The average Bonchev–Trinajstić information content (AvgIpc) is 2.31. The second-order valence-electron chi connectivity index (χ2n) is 4.14. The number of nitrogens with one attached hydrogen (secondary N) is 1. The number of piperazine rings is 1. The van der Waals surface area contributed by atoms with Crippen LogP contribution in [0, 0.1) is 12.3 Å². The van der Waals surface area contributed by atoms with Crippen LogP contribution in [-0.4, -0.2) is 61.5 Å². The van der Waals surface area contributed by atoms with Crippen LogP contribution in [0.15, 0.2) is 0 Å². The summed E-state index contributed by atoms with van der Waals surface area (Å²) in [5, 5.41) is 3.23. The number of rotatable bonds is 4. The first-order valence-corrected chi connectivity index (χ1v) is 5.84. The van der Waals surface area contributed by atoms with Gasteiger partial charge < -0.3 is 10.2 Å². The molecular formula is C12H21N3O. The van der Waals surface area contributed by atoms with Gasteiger partial charge >= 0.3 is 0 Å². The van der Waals surface area contributed by atoms with Crippen LogP contribution in [0.5, 0.6) is 0 Å². The van der Waals surface area contributed by atoms with E-state index in [-0.39, 0.29) is 11.9 Å². The monoisotopic (exact) mass is 223 g/mol. The van der Waals surface area contributed by atoms with Crippen molar-refractivity contribution in [1.29, 1.82) is 0 Å². The number of hydrogen-bond acceptors (Lipinski definition) is 3. The lowest BCUT2D eigenvalue weighted by Crippen LogP contribution is -2.50. The van der Waals surface area contributed by atoms with Gasteiger partial charge in [-0.25, -0.2) is 0 Å². The number of carbonyl (C=O) groups excluding carboxylic acids is 1. The SMILES string of the molecule is C#CC(CC)N(C)CC(=O)N1CCNCC1. The van der Waals surface area contributed by atoms with Gasteiger partial charge in [-0.3, -0.25) is 9.69 Å². The van der Waals surface area contributed by atoms with Crippen molar-refractivity contribution in [2.24, 2.45) is 0 Å². The van der Waals surface area contributed by atoms with Gasteiger partial charge in [0.1, 0.15) is 0 Å². The molecule has 0 aromatic rings. The van der Waals surface area contributed by atoms with E-state index in [0.29, 0.717) is 6.54 Å². The Morgan fingerprint density at radius 1 is 1.56 bits per heavy atom. The van der Waals surface area contributed by atoms with Crippen molar-refractivity contribution < 1.29 is 4.79 Å². The highest BCUT2D eigenvalue weighted by molar-refractivity contribution is 5.78. The maximum atomic E-state index is 11.9. The van der Waals surface area contributed by atoms with Gasteiger partial charge in [0.2, 0.25) is 5.91 Å². The molecule has 1 rings (SSSR count). The Balaban J connectivity index is 2.40. The molecule has 0 aromatic heterocycles. The summed E-state index contributed by atoms with van der Waals surface area (Å²) in [5.41, 5.74) is 0. The van der Waals surface area contributed by atoms with Crippen LogP contribution in [0.2, 0.25) is 0 Å². The molecule has 4 nitrogen and oxygen atoms in total. The molecule has 1 atom stereocenters. The maximum absolute atomic E-state index is 11.9. The molecule has 1 aliphatic rings. The van der Waals surface area contributed by atoms with Gasteiger partial charge in [-0.15, -0.1) is 6.42 Å². The van der Waals surface area contributed by atoms with Gasteiger partial charge in [0.15, 0.2) is 0 Å². The molecule has 0 radical (unpaired) electrons. The van der Waals surface area contributed by atoms with E-state index in [1.807, 2.05) is 23.8 Å². The van der Waals surface area contributed by atoms with Crippen LogP contribution in [0.3, 0.4) is 0 Å². The molecule has 1 amide bonds. The summed E-state index contributed by atoms with van der Waals surface area (Å²) in [6, 6.07) is 0.0619. The Morgan fingerprint density at radius 2 is 2.19 bits per heavy atom. The van der Waals surface area contributed by atoms with Gasteiger partial charge in [0.05, 0.1) is 12.6 Å². The number of likely N-dealkylation sites (N-methyl/N-ethyl adjacent to an activating group) is 1. The van der Waals surface area contributed by atoms with E-state index < -0.39 is 0 Å². The molecule has 16 heavy (non-hydrogen) atoms. The van der Waals surface area contributed by atoms with E-state index in [9.17, 15) is 4.79 Å². The van der Waals surface area contributed by atoms with Crippen molar-refractivity contribution in [3.8, 4) is 12.3 Å². The third-order valence-corrected chi connectivity index (χ3v) is 2.97. The molecule has 1 aliphatic heterocycles. The minimum Gasteiger partial charge on any atom is -0.339 e. The van der Waals surface area contributed by atoms with Crippen LogP contribution < -0.4 is 5.32 Å². The molecule has 0 aliphatic carbocycles. The lowest BCUT2D eigenvalue weighted by atomic mass is 10.2. The van der Waals surface area contributed by atoms with E-state index in [4.69, 9.17) is 6.42 Å². The summed E-state index contributed by atoms with van der Waals surface area (Å²) in [7, 11) is 1.91. The van der Waals surface area contributed by atoms with Crippen LogP contribution in [0.25, 0.3) is 0 Å². The average molecular weight is 223 g/mol. The lowest BCUT2D eigenvalue weighted by Gasteiger charge is -2.30. The fraction of sp³-hybridized carbons (Fsp3) is 0.750. The maximum Gasteiger partial charge on any atom is 0.236 e. The van der Waals surface area contributed by atoms with Crippen molar-refractivity contribution in [3.63, 3.8) is 0 Å². The summed E-state index contributed by atoms with van der Waals surface area (Å²) in [5.74, 6) is 2.88. The molecule has 1 saturated heterocycles. The minimum atomic E-state index is 0.0619. The predicted molar refractivity (Wildman–Crippen MR) is 65.0 cm³/mol. The second kappa shape index (κ2) is 6.51. The van der Waals surface area contributed by atoms with Gasteiger partial charge in [-0.05, 0) is 13.5 Å². The predicted octanol–water partition coefficient (Wildman–Crippen LogP) is -0.238. The van der Waals surface area contributed by atoms with Crippen LogP contribution in [0.4, 0.5) is 0 Å². The summed E-state index contributed by atoms with van der Waals surface area (Å²) in [4.78, 5) is 15.8. The summed E-state index contributed by atoms with van der Waals surface area (Å²) < 4.78 is 0. The molecule has 1 unspecified atom stereocenters. The van der Waals surface area contributed by atoms with Crippen molar-refractivity contribution in [1.82, 2.24) is 15.1 Å². The second-order valence-corrected chi connectivity index (χ2v) is 4.14. The zero-order chi connectivity index (χ0) is 12.0. The van der Waals surface area contributed by atoms with E-state index in [0.717, 1.165) is 32.6 Å². The molecule has 0 aromatic carbocycles.